The molecule has 0 saturated carbocycles. The van der Waals surface area contributed by atoms with E-state index in [-0.39, 0.29) is 17.5 Å². The van der Waals surface area contributed by atoms with Crippen LogP contribution in [0.2, 0.25) is 0 Å². The Labute approximate surface area is 145 Å². The summed E-state index contributed by atoms with van der Waals surface area (Å²) in [5.41, 5.74) is -0.404. The first kappa shape index (κ1) is 19.9. The van der Waals surface area contributed by atoms with E-state index in [0.717, 1.165) is 0 Å². The number of carbonyl (C=O) groups is 2. The minimum Gasteiger partial charge on any atom is -0.461 e. The molecule has 0 saturated heterocycles. The molecule has 6 nitrogen and oxygen atoms in total. The molecule has 0 atom stereocenters. The molecular weight excluding hydrogens is 340 g/mol. The highest BCUT2D eigenvalue weighted by atomic mass is 35.5. The van der Waals surface area contributed by atoms with Gasteiger partial charge in [0.15, 0.2) is 5.69 Å². The summed E-state index contributed by atoms with van der Waals surface area (Å²) in [5.74, 6) is -0.301. The van der Waals surface area contributed by atoms with Crippen LogP contribution in [0.25, 0.3) is 0 Å². The zero-order valence-corrected chi connectivity index (χ0v) is 15.5. The number of hydrogen-bond acceptors (Lipinski definition) is 6. The van der Waals surface area contributed by atoms with Crippen LogP contribution in [-0.4, -0.2) is 54.5 Å². The molecule has 0 aromatic carbocycles. The minimum atomic E-state index is -0.670. The largest absolute Gasteiger partial charge is 0.461 e. The van der Waals surface area contributed by atoms with Gasteiger partial charge in [-0.15, -0.1) is 22.9 Å². The fourth-order valence-corrected chi connectivity index (χ4v) is 2.68. The van der Waals surface area contributed by atoms with Crippen LogP contribution in [0, 0.1) is 5.41 Å². The lowest BCUT2D eigenvalue weighted by molar-refractivity contribution is -0.140. The van der Waals surface area contributed by atoms with Crippen LogP contribution in [0.3, 0.4) is 0 Å². The molecule has 1 heterocycles. The molecule has 0 N–H and O–H groups in total. The van der Waals surface area contributed by atoms with Crippen LogP contribution in [0.15, 0.2) is 5.38 Å². The molecule has 1 amide bonds. The van der Waals surface area contributed by atoms with E-state index in [4.69, 9.17) is 21.1 Å². The van der Waals surface area contributed by atoms with Crippen molar-refractivity contribution in [2.75, 3.05) is 32.7 Å². The fraction of sp³-hybridized carbons (Fsp3) is 0.667. The number of methoxy groups -OCH3 is 1. The molecule has 0 unspecified atom stereocenters. The smallest absolute Gasteiger partial charge is 0.357 e. The molecule has 0 aliphatic heterocycles. The molecule has 23 heavy (non-hydrogen) atoms. The fourth-order valence-electron chi connectivity index (χ4n) is 1.78. The highest BCUT2D eigenvalue weighted by Gasteiger charge is 2.31. The normalized spacial score (nSPS) is 11.3. The third-order valence-corrected chi connectivity index (χ3v) is 4.63. The Morgan fingerprint density at radius 1 is 1.43 bits per heavy atom. The summed E-state index contributed by atoms with van der Waals surface area (Å²) in [6.07, 6.45) is 0. The quantitative estimate of drug-likeness (QED) is 0.499. The Hall–Kier alpha value is -1.18. The lowest BCUT2D eigenvalue weighted by atomic mass is 9.94. The van der Waals surface area contributed by atoms with E-state index < -0.39 is 11.4 Å². The maximum atomic E-state index is 12.6. The predicted molar refractivity (Wildman–Crippen MR) is 89.9 cm³/mol. The van der Waals surface area contributed by atoms with Gasteiger partial charge in [-0.25, -0.2) is 9.78 Å². The Bertz CT molecular complexity index is 533. The molecular formula is C15H23ClN2O4S. The third-order valence-electron chi connectivity index (χ3n) is 3.13. The Morgan fingerprint density at radius 3 is 2.70 bits per heavy atom. The van der Waals surface area contributed by atoms with Gasteiger partial charge in [-0.3, -0.25) is 4.79 Å². The second kappa shape index (κ2) is 9.20. The van der Waals surface area contributed by atoms with Gasteiger partial charge in [0.2, 0.25) is 5.91 Å². The number of alkyl halides is 1. The van der Waals surface area contributed by atoms with Gasteiger partial charge in [0.1, 0.15) is 5.01 Å². The zero-order chi connectivity index (χ0) is 17.5. The first-order chi connectivity index (χ1) is 10.9. The molecule has 0 aliphatic rings. The van der Waals surface area contributed by atoms with E-state index in [0.29, 0.717) is 31.3 Å². The monoisotopic (exact) mass is 362 g/mol. The van der Waals surface area contributed by atoms with Gasteiger partial charge < -0.3 is 14.4 Å². The lowest BCUT2D eigenvalue weighted by Gasteiger charge is -2.30. The summed E-state index contributed by atoms with van der Waals surface area (Å²) >= 11 is 7.22. The van der Waals surface area contributed by atoms with Crippen molar-refractivity contribution in [1.82, 2.24) is 9.88 Å². The predicted octanol–water partition coefficient (Wildman–Crippen LogP) is 2.56. The van der Waals surface area contributed by atoms with E-state index in [2.05, 4.69) is 4.98 Å². The lowest BCUT2D eigenvalue weighted by Crippen LogP contribution is -2.43. The maximum absolute atomic E-state index is 12.6. The van der Waals surface area contributed by atoms with E-state index in [1.165, 1.54) is 11.3 Å². The number of rotatable bonds is 9. The van der Waals surface area contributed by atoms with Gasteiger partial charge in [-0.1, -0.05) is 0 Å². The molecule has 0 bridgehead atoms. The Balaban J connectivity index is 2.85. The zero-order valence-electron chi connectivity index (χ0n) is 13.9. The molecule has 0 spiro atoms. The molecule has 130 valence electrons. The topological polar surface area (TPSA) is 68.7 Å². The number of halogens is 1. The van der Waals surface area contributed by atoms with Gasteiger partial charge >= 0.3 is 5.97 Å². The summed E-state index contributed by atoms with van der Waals surface area (Å²) in [4.78, 5) is 30.2. The van der Waals surface area contributed by atoms with Crippen molar-refractivity contribution < 1.29 is 19.1 Å². The van der Waals surface area contributed by atoms with E-state index in [1.54, 1.807) is 38.2 Å². The van der Waals surface area contributed by atoms with Crippen molar-refractivity contribution in [1.29, 1.82) is 0 Å². The highest BCUT2D eigenvalue weighted by Crippen LogP contribution is 2.23. The second-order valence-corrected chi connectivity index (χ2v) is 6.79. The number of aromatic nitrogens is 1. The van der Waals surface area contributed by atoms with Crippen LogP contribution in [-0.2, 0) is 20.8 Å². The van der Waals surface area contributed by atoms with Crippen LogP contribution in [0.1, 0.15) is 36.3 Å². The average Bonchev–Trinajstić information content (AvgIpc) is 2.99. The number of carbonyl (C=O) groups excluding carboxylic acids is 2. The molecule has 1 rings (SSSR count). The number of thiazole rings is 1. The first-order valence-corrected chi connectivity index (χ1v) is 8.73. The van der Waals surface area contributed by atoms with E-state index in [1.807, 2.05) is 0 Å². The molecule has 0 aliphatic carbocycles. The number of ether oxygens (including phenoxy) is 2. The van der Waals surface area contributed by atoms with Crippen molar-refractivity contribution in [3.8, 4) is 0 Å². The molecule has 1 aromatic heterocycles. The number of esters is 1. The van der Waals surface area contributed by atoms with Gasteiger partial charge in [0, 0.05) is 24.9 Å². The number of nitrogens with zero attached hydrogens (tertiary/aromatic N) is 2. The van der Waals surface area contributed by atoms with Crippen LogP contribution in [0.5, 0.6) is 0 Å². The number of amides is 1. The van der Waals surface area contributed by atoms with Gasteiger partial charge in [-0.2, -0.15) is 0 Å². The molecule has 0 radical (unpaired) electrons. The molecule has 0 fully saturated rings. The molecule has 1 aromatic rings. The van der Waals surface area contributed by atoms with Crippen LogP contribution in [0.4, 0.5) is 0 Å². The summed E-state index contributed by atoms with van der Waals surface area (Å²) in [5, 5.41) is 2.31. The van der Waals surface area contributed by atoms with Crippen LogP contribution < -0.4 is 0 Å². The number of hydrogen-bond donors (Lipinski definition) is 0. The Morgan fingerprint density at radius 2 is 2.13 bits per heavy atom. The van der Waals surface area contributed by atoms with Crippen molar-refractivity contribution >= 4 is 34.8 Å². The SMILES string of the molecule is CCOC(=O)c1csc(CN(CCOC)C(=O)C(C)(C)CCl)n1. The van der Waals surface area contributed by atoms with Crippen molar-refractivity contribution in [2.24, 2.45) is 5.41 Å². The molecule has 8 heteroatoms. The summed E-state index contributed by atoms with van der Waals surface area (Å²) < 4.78 is 9.98. The van der Waals surface area contributed by atoms with E-state index >= 15 is 0 Å². The standard InChI is InChI=1S/C15H23ClN2O4S/c1-5-22-13(19)11-9-23-12(17-11)8-18(6-7-21-4)14(20)15(2,3)10-16/h9H,5-8,10H2,1-4H3. The van der Waals surface area contributed by atoms with Crippen molar-refractivity contribution in [3.05, 3.63) is 16.1 Å². The average molecular weight is 363 g/mol. The summed E-state index contributed by atoms with van der Waals surface area (Å²) in [6.45, 7) is 6.80. The van der Waals surface area contributed by atoms with Gasteiger partial charge in [-0.05, 0) is 20.8 Å². The van der Waals surface area contributed by atoms with Crippen LogP contribution >= 0.6 is 22.9 Å². The summed E-state index contributed by atoms with van der Waals surface area (Å²) in [7, 11) is 1.58. The highest BCUT2D eigenvalue weighted by molar-refractivity contribution is 7.09. The van der Waals surface area contributed by atoms with Gasteiger partial charge in [0.25, 0.3) is 0 Å². The Kier molecular flexibility index (Phi) is 7.94. The first-order valence-electron chi connectivity index (χ1n) is 7.31. The maximum Gasteiger partial charge on any atom is 0.357 e. The van der Waals surface area contributed by atoms with Gasteiger partial charge in [0.05, 0.1) is 25.2 Å². The minimum absolute atomic E-state index is 0.0718. The third kappa shape index (κ3) is 5.75. The second-order valence-electron chi connectivity index (χ2n) is 5.58. The summed E-state index contributed by atoms with van der Waals surface area (Å²) in [6, 6.07) is 0. The van der Waals surface area contributed by atoms with Crippen molar-refractivity contribution in [2.45, 2.75) is 27.3 Å². The van der Waals surface area contributed by atoms with E-state index in [9.17, 15) is 9.59 Å². The van der Waals surface area contributed by atoms with Crippen molar-refractivity contribution in [3.63, 3.8) is 0 Å².